The van der Waals surface area contributed by atoms with Crippen molar-refractivity contribution in [2.75, 3.05) is 0 Å². The van der Waals surface area contributed by atoms with Gasteiger partial charge < -0.3 is 18.3 Å². The van der Waals surface area contributed by atoms with E-state index in [1.807, 2.05) is 72.8 Å². The summed E-state index contributed by atoms with van der Waals surface area (Å²) in [5, 5.41) is 9.35. The third-order valence-electron chi connectivity index (χ3n) is 20.8. The third kappa shape index (κ3) is 9.88. The number of fused-ring (bicyclic) bond motifs is 14. The number of aromatic nitrogens is 10. The average Bonchev–Trinajstić information content (AvgIpc) is 1.55. The predicted octanol–water partition coefficient (Wildman–Crippen LogP) is 23.8. The minimum absolute atomic E-state index is 0.540. The molecule has 0 amide bonds. The molecular formula is C96H60N10. The molecule has 0 spiro atoms. The topological polar surface area (TPSA) is 97.1 Å². The molecule has 0 fully saturated rings. The molecule has 6 heterocycles. The van der Waals surface area contributed by atoms with Crippen molar-refractivity contribution in [3.63, 3.8) is 0 Å². The first kappa shape index (κ1) is 60.3. The van der Waals surface area contributed by atoms with Gasteiger partial charge >= 0.3 is 0 Å². The van der Waals surface area contributed by atoms with Crippen LogP contribution in [0.3, 0.4) is 0 Å². The van der Waals surface area contributed by atoms with E-state index in [0.717, 1.165) is 144 Å². The van der Waals surface area contributed by atoms with Gasteiger partial charge in [0.1, 0.15) is 0 Å². The van der Waals surface area contributed by atoms with E-state index in [1.165, 1.54) is 21.5 Å². The number of hydrogen-bond acceptors (Lipinski definition) is 6. The van der Waals surface area contributed by atoms with Gasteiger partial charge in [0.15, 0.2) is 34.9 Å². The van der Waals surface area contributed by atoms with Gasteiger partial charge in [-0.15, -0.1) is 0 Å². The van der Waals surface area contributed by atoms with Crippen molar-refractivity contribution in [1.29, 1.82) is 0 Å². The zero-order valence-corrected chi connectivity index (χ0v) is 57.1. The third-order valence-corrected chi connectivity index (χ3v) is 20.8. The molecule has 0 aliphatic carbocycles. The molecule has 0 N–H and O–H groups in total. The first-order valence-electron chi connectivity index (χ1n) is 35.8. The van der Waals surface area contributed by atoms with Gasteiger partial charge in [0.25, 0.3) is 0 Å². The zero-order valence-electron chi connectivity index (χ0n) is 57.1. The van der Waals surface area contributed by atoms with Crippen LogP contribution in [-0.4, -0.2) is 48.2 Å². The molecule has 0 unspecified atom stereocenters. The maximum atomic E-state index is 5.52. The monoisotopic (exact) mass is 1350 g/mol. The van der Waals surface area contributed by atoms with Gasteiger partial charge in [0, 0.05) is 93.5 Å². The second-order valence-electron chi connectivity index (χ2n) is 27.0. The van der Waals surface area contributed by atoms with Crippen molar-refractivity contribution < 1.29 is 0 Å². The highest BCUT2D eigenvalue weighted by atomic mass is 15.1. The Morgan fingerprint density at radius 3 is 0.962 bits per heavy atom. The highest BCUT2D eigenvalue weighted by Gasteiger charge is 2.27. The van der Waals surface area contributed by atoms with Crippen molar-refractivity contribution in [3.8, 4) is 113 Å². The lowest BCUT2D eigenvalue weighted by Crippen LogP contribution is -2.04. The Hall–Kier alpha value is -14.5. The number of nitrogens with zero attached hydrogens (tertiary/aromatic N) is 10. The fourth-order valence-electron chi connectivity index (χ4n) is 16.1. The molecule has 10 nitrogen and oxygen atoms in total. The Bertz CT molecular complexity index is 6930. The van der Waals surface area contributed by atoms with E-state index in [1.54, 1.807) is 0 Å². The Kier molecular flexibility index (Phi) is 14.0. The molecule has 494 valence electrons. The minimum atomic E-state index is 0.540. The lowest BCUT2D eigenvalue weighted by molar-refractivity contribution is 1.06. The number of rotatable bonds is 12. The van der Waals surface area contributed by atoms with E-state index in [-0.39, 0.29) is 0 Å². The smallest absolute Gasteiger partial charge is 0.166 e. The van der Waals surface area contributed by atoms with Crippen LogP contribution < -0.4 is 0 Å². The average molecular weight is 1350 g/mol. The standard InChI is InChI=1S/C96H60N10/c1-7-28-61(29-8-1)91-97-92(62-30-9-2-10-31-62)100-95(99-91)69-57-68(58-72(59-69)103-82-48-25-21-44-77(82)87-85(103)54-51-75-73-42-19-23-46-80(73)104(89(75)87)70-38-15-5-16-39-70)66-37-27-36-65(56-66)67-50-53-84(79(60-67)96-101-93(63-32-11-3-12-33-63)98-94(102-96)64-34-13-4-14-35-64)106-83-49-26-22-45-78(83)88-86(106)55-52-76-74-43-20-24-47-81(74)105(90(76)88)71-40-17-6-18-41-71/h1-60H. The molecule has 0 aliphatic heterocycles. The normalized spacial score (nSPS) is 11.8. The summed E-state index contributed by atoms with van der Waals surface area (Å²) in [6.07, 6.45) is 0. The second-order valence-corrected chi connectivity index (χ2v) is 27.0. The second kappa shape index (κ2) is 24.7. The zero-order chi connectivity index (χ0) is 69.8. The lowest BCUT2D eigenvalue weighted by Gasteiger charge is -2.17. The first-order chi connectivity index (χ1) is 52.6. The molecule has 0 atom stereocenters. The van der Waals surface area contributed by atoms with Gasteiger partial charge in [-0.2, -0.15) is 0 Å². The fraction of sp³-hybridized carbons (Fsp3) is 0. The fourth-order valence-corrected chi connectivity index (χ4v) is 16.1. The molecule has 106 heavy (non-hydrogen) atoms. The molecule has 0 bridgehead atoms. The maximum Gasteiger partial charge on any atom is 0.166 e. The predicted molar refractivity (Wildman–Crippen MR) is 434 cm³/mol. The maximum absolute atomic E-state index is 5.52. The molecule has 21 aromatic rings. The summed E-state index contributed by atoms with van der Waals surface area (Å²) >= 11 is 0. The van der Waals surface area contributed by atoms with Crippen LogP contribution in [0.2, 0.25) is 0 Å². The highest BCUT2D eigenvalue weighted by molar-refractivity contribution is 6.28. The first-order valence-corrected chi connectivity index (χ1v) is 35.8. The van der Waals surface area contributed by atoms with Crippen molar-refractivity contribution >= 4 is 87.2 Å². The summed E-state index contributed by atoms with van der Waals surface area (Å²) < 4.78 is 9.72. The van der Waals surface area contributed by atoms with E-state index in [9.17, 15) is 0 Å². The Morgan fingerprint density at radius 2 is 0.500 bits per heavy atom. The van der Waals surface area contributed by atoms with Gasteiger partial charge in [-0.3, -0.25) is 0 Å². The van der Waals surface area contributed by atoms with E-state index in [2.05, 4.69) is 309 Å². The summed E-state index contributed by atoms with van der Waals surface area (Å²) in [6.45, 7) is 0. The van der Waals surface area contributed by atoms with Gasteiger partial charge in [0.2, 0.25) is 0 Å². The van der Waals surface area contributed by atoms with Gasteiger partial charge in [-0.1, -0.05) is 267 Å². The van der Waals surface area contributed by atoms with Crippen molar-refractivity contribution in [1.82, 2.24) is 48.2 Å². The Morgan fingerprint density at radius 1 is 0.170 bits per heavy atom. The van der Waals surface area contributed by atoms with E-state index >= 15 is 0 Å². The van der Waals surface area contributed by atoms with Gasteiger partial charge in [0.05, 0.1) is 49.8 Å². The van der Waals surface area contributed by atoms with Crippen LogP contribution in [0, 0.1) is 0 Å². The van der Waals surface area contributed by atoms with Crippen LogP contribution in [0.5, 0.6) is 0 Å². The molecule has 6 aromatic heterocycles. The summed E-state index contributed by atoms with van der Waals surface area (Å²) in [4.78, 5) is 32.2. The molecule has 10 heteroatoms. The van der Waals surface area contributed by atoms with Crippen LogP contribution in [0.25, 0.3) is 201 Å². The molecule has 21 rings (SSSR count). The van der Waals surface area contributed by atoms with Crippen LogP contribution >= 0.6 is 0 Å². The van der Waals surface area contributed by atoms with Crippen molar-refractivity contribution in [3.05, 3.63) is 364 Å². The van der Waals surface area contributed by atoms with E-state index < -0.39 is 0 Å². The highest BCUT2D eigenvalue weighted by Crippen LogP contribution is 2.47. The number of benzene rings is 15. The van der Waals surface area contributed by atoms with E-state index in [0.29, 0.717) is 34.9 Å². The minimum Gasteiger partial charge on any atom is -0.309 e. The molecular weight excluding hydrogens is 1290 g/mol. The SMILES string of the molecule is c1ccc(-c2nc(-c3ccccc3)nc(-c3cc(-c4cccc(-c5ccc(-n6c7ccccc7c7c6ccc6c8ccccc8n(-c8ccccc8)c67)c(-c6nc(-c7ccccc7)nc(-c7ccccc7)n6)c5)c4)cc(-n4c5ccccc5c5c4ccc4c6ccccc6n(-c6ccccc6)c45)c3)n2)cc1. The van der Waals surface area contributed by atoms with Crippen molar-refractivity contribution in [2.45, 2.75) is 0 Å². The lowest BCUT2D eigenvalue weighted by atomic mass is 9.95. The summed E-state index contributed by atoms with van der Waals surface area (Å²) in [5.74, 6) is 3.41. The van der Waals surface area contributed by atoms with Gasteiger partial charge in [-0.25, -0.2) is 29.9 Å². The molecule has 0 aliphatic rings. The van der Waals surface area contributed by atoms with Crippen LogP contribution in [-0.2, 0) is 0 Å². The molecule has 0 radical (unpaired) electrons. The quantitative estimate of drug-likeness (QED) is 0.121. The summed E-state index contributed by atoms with van der Waals surface area (Å²) in [5.41, 5.74) is 22.1. The van der Waals surface area contributed by atoms with Crippen LogP contribution in [0.1, 0.15) is 0 Å². The van der Waals surface area contributed by atoms with Crippen LogP contribution in [0.15, 0.2) is 364 Å². The number of hydrogen-bond donors (Lipinski definition) is 0. The van der Waals surface area contributed by atoms with Gasteiger partial charge in [-0.05, 0) is 119 Å². The van der Waals surface area contributed by atoms with E-state index in [4.69, 9.17) is 29.9 Å². The summed E-state index contributed by atoms with van der Waals surface area (Å²) in [7, 11) is 0. The Labute approximate surface area is 609 Å². The largest absolute Gasteiger partial charge is 0.309 e. The van der Waals surface area contributed by atoms with Crippen molar-refractivity contribution in [2.24, 2.45) is 0 Å². The summed E-state index contributed by atoms with van der Waals surface area (Å²) in [6, 6.07) is 129. The molecule has 0 saturated carbocycles. The molecule has 15 aromatic carbocycles. The number of para-hydroxylation sites is 6. The van der Waals surface area contributed by atoms with Crippen LogP contribution in [0.4, 0.5) is 0 Å². The Balaban J connectivity index is 0.808. The molecule has 0 saturated heterocycles.